The van der Waals surface area contributed by atoms with Gasteiger partial charge in [0.1, 0.15) is 5.82 Å². The number of hydrogen-bond donors (Lipinski definition) is 2. The van der Waals surface area contributed by atoms with E-state index in [9.17, 15) is 13.2 Å². The van der Waals surface area contributed by atoms with Crippen LogP contribution in [0.4, 0.5) is 11.5 Å². The van der Waals surface area contributed by atoms with Gasteiger partial charge in [0.2, 0.25) is 5.91 Å². The number of nitrogens with two attached hydrogens (primary N) is 1. The molecule has 0 aliphatic heterocycles. The maximum absolute atomic E-state index is 12.4. The van der Waals surface area contributed by atoms with Crippen molar-refractivity contribution in [3.8, 4) is 0 Å². The molecule has 0 bridgehead atoms. The topological polar surface area (TPSA) is 109 Å². The Morgan fingerprint density at radius 3 is 2.37 bits per heavy atom. The van der Waals surface area contributed by atoms with Crippen molar-refractivity contribution >= 4 is 27.4 Å². The second-order valence-corrected chi connectivity index (χ2v) is 5.59. The van der Waals surface area contributed by atoms with Gasteiger partial charge < -0.3 is 5.73 Å². The molecule has 0 aliphatic rings. The van der Waals surface area contributed by atoms with Crippen molar-refractivity contribution in [3.63, 3.8) is 0 Å². The first-order chi connectivity index (χ1) is 8.93. The molecule has 0 spiro atoms. The van der Waals surface area contributed by atoms with Gasteiger partial charge in [0, 0.05) is 18.7 Å². The van der Waals surface area contributed by atoms with Crippen molar-refractivity contribution in [1.82, 2.24) is 10.2 Å². The van der Waals surface area contributed by atoms with Crippen LogP contribution in [-0.4, -0.2) is 24.5 Å². The molecule has 100 valence electrons. The second-order valence-electron chi connectivity index (χ2n) is 3.80. The minimum Gasteiger partial charge on any atom is -0.399 e. The van der Waals surface area contributed by atoms with Crippen LogP contribution < -0.4 is 10.0 Å². The number of aromatic nitrogens is 2. The summed E-state index contributed by atoms with van der Waals surface area (Å²) in [4.78, 5) is 11.6. The minimum absolute atomic E-state index is 0.0218. The van der Waals surface area contributed by atoms with Gasteiger partial charge in [-0.15, -0.1) is 0 Å². The second kappa shape index (κ2) is 4.73. The fourth-order valence-corrected chi connectivity index (χ4v) is 2.97. The van der Waals surface area contributed by atoms with Crippen molar-refractivity contribution in [2.45, 2.75) is 11.8 Å². The summed E-state index contributed by atoms with van der Waals surface area (Å²) >= 11 is 0. The number of H-pyrrole nitrogens is 1. The summed E-state index contributed by atoms with van der Waals surface area (Å²) in [5, 5.41) is 6.10. The van der Waals surface area contributed by atoms with Gasteiger partial charge in [0.05, 0.1) is 11.1 Å². The highest BCUT2D eigenvalue weighted by molar-refractivity contribution is 7.93. The van der Waals surface area contributed by atoms with E-state index in [1.54, 1.807) is 0 Å². The summed E-state index contributed by atoms with van der Waals surface area (Å²) in [5.41, 5.74) is 5.95. The third-order valence-electron chi connectivity index (χ3n) is 2.41. The number of carbonyl (C=O) groups is 1. The normalized spacial score (nSPS) is 11.2. The van der Waals surface area contributed by atoms with Crippen molar-refractivity contribution in [2.75, 3.05) is 10.0 Å². The number of aromatic amines is 1. The van der Waals surface area contributed by atoms with Crippen molar-refractivity contribution in [3.05, 3.63) is 36.5 Å². The molecule has 1 aromatic heterocycles. The molecule has 0 radical (unpaired) electrons. The number of anilines is 2. The van der Waals surface area contributed by atoms with Crippen LogP contribution >= 0.6 is 0 Å². The number of rotatable bonds is 3. The van der Waals surface area contributed by atoms with Gasteiger partial charge in [-0.1, -0.05) is 0 Å². The molecule has 8 heteroatoms. The molecule has 2 rings (SSSR count). The summed E-state index contributed by atoms with van der Waals surface area (Å²) in [6.07, 6.45) is 1.36. The van der Waals surface area contributed by atoms with Crippen LogP contribution in [0.3, 0.4) is 0 Å². The monoisotopic (exact) mass is 280 g/mol. The maximum atomic E-state index is 12.4. The SMILES string of the molecule is CC(=O)N(c1ccn[nH]1)S(=O)(=O)c1ccc(N)cc1. The van der Waals surface area contributed by atoms with Crippen LogP contribution in [-0.2, 0) is 14.8 Å². The quantitative estimate of drug-likeness (QED) is 0.806. The highest BCUT2D eigenvalue weighted by atomic mass is 32.2. The lowest BCUT2D eigenvalue weighted by Crippen LogP contribution is -2.35. The molecule has 19 heavy (non-hydrogen) atoms. The lowest BCUT2D eigenvalue weighted by atomic mass is 10.3. The largest absolute Gasteiger partial charge is 0.399 e. The Hall–Kier alpha value is -2.35. The van der Waals surface area contributed by atoms with Crippen molar-refractivity contribution in [1.29, 1.82) is 0 Å². The first kappa shape index (κ1) is 13.1. The van der Waals surface area contributed by atoms with Crippen LogP contribution in [0, 0.1) is 0 Å². The van der Waals surface area contributed by atoms with Gasteiger partial charge in [-0.05, 0) is 24.3 Å². The zero-order chi connectivity index (χ0) is 14.0. The van der Waals surface area contributed by atoms with E-state index in [2.05, 4.69) is 10.2 Å². The van der Waals surface area contributed by atoms with Gasteiger partial charge >= 0.3 is 0 Å². The molecule has 1 heterocycles. The molecule has 0 aliphatic carbocycles. The smallest absolute Gasteiger partial charge is 0.272 e. The Labute approximate surface area is 110 Å². The predicted octanol–water partition coefficient (Wildman–Crippen LogP) is 0.734. The predicted molar refractivity (Wildman–Crippen MR) is 69.8 cm³/mol. The van der Waals surface area contributed by atoms with Crippen LogP contribution in [0.5, 0.6) is 0 Å². The van der Waals surface area contributed by atoms with E-state index in [1.165, 1.54) is 36.5 Å². The van der Waals surface area contributed by atoms with E-state index in [0.29, 0.717) is 9.99 Å². The van der Waals surface area contributed by atoms with Crippen molar-refractivity contribution < 1.29 is 13.2 Å². The molecule has 7 nitrogen and oxygen atoms in total. The zero-order valence-electron chi connectivity index (χ0n) is 10.1. The van der Waals surface area contributed by atoms with E-state index in [-0.39, 0.29) is 10.7 Å². The lowest BCUT2D eigenvalue weighted by molar-refractivity contribution is -0.115. The molecule has 3 N–H and O–H groups in total. The fourth-order valence-electron chi connectivity index (χ4n) is 1.58. The zero-order valence-corrected chi connectivity index (χ0v) is 10.9. The lowest BCUT2D eigenvalue weighted by Gasteiger charge is -2.18. The molecule has 0 fully saturated rings. The molecular weight excluding hydrogens is 268 g/mol. The van der Waals surface area contributed by atoms with Gasteiger partial charge in [-0.3, -0.25) is 9.89 Å². The number of carbonyl (C=O) groups excluding carboxylic acids is 1. The average Bonchev–Trinajstić information content (AvgIpc) is 2.82. The Balaban J connectivity index is 2.52. The Kier molecular flexibility index (Phi) is 3.26. The average molecular weight is 280 g/mol. The van der Waals surface area contributed by atoms with Crippen LogP contribution in [0.15, 0.2) is 41.4 Å². The van der Waals surface area contributed by atoms with Crippen LogP contribution in [0.1, 0.15) is 6.92 Å². The molecule has 0 saturated carbocycles. The van der Waals surface area contributed by atoms with E-state index in [0.717, 1.165) is 6.92 Å². The number of nitrogens with one attached hydrogen (secondary N) is 1. The first-order valence-electron chi connectivity index (χ1n) is 5.34. The number of nitrogen functional groups attached to an aromatic ring is 1. The van der Waals surface area contributed by atoms with Gasteiger partial charge in [0.15, 0.2) is 0 Å². The fraction of sp³-hybridized carbons (Fsp3) is 0.0909. The number of sulfonamides is 1. The van der Waals surface area contributed by atoms with Gasteiger partial charge in [-0.2, -0.15) is 9.40 Å². The number of amides is 1. The van der Waals surface area contributed by atoms with E-state index >= 15 is 0 Å². The third-order valence-corrected chi connectivity index (χ3v) is 4.21. The van der Waals surface area contributed by atoms with Crippen LogP contribution in [0.25, 0.3) is 0 Å². The molecule has 1 amide bonds. The molecular formula is C11H12N4O3S. The molecule has 0 unspecified atom stereocenters. The Morgan fingerprint density at radius 2 is 1.89 bits per heavy atom. The summed E-state index contributed by atoms with van der Waals surface area (Å²) in [6, 6.07) is 7.00. The molecule has 2 aromatic rings. The Morgan fingerprint density at radius 1 is 1.26 bits per heavy atom. The molecule has 0 atom stereocenters. The van der Waals surface area contributed by atoms with E-state index < -0.39 is 15.9 Å². The number of nitrogens with zero attached hydrogens (tertiary/aromatic N) is 2. The van der Waals surface area contributed by atoms with Gasteiger partial charge in [0.25, 0.3) is 10.0 Å². The molecule has 0 saturated heterocycles. The highest BCUT2D eigenvalue weighted by Gasteiger charge is 2.29. The summed E-state index contributed by atoms with van der Waals surface area (Å²) in [5.74, 6) is -0.551. The van der Waals surface area contributed by atoms with Crippen molar-refractivity contribution in [2.24, 2.45) is 0 Å². The summed E-state index contributed by atoms with van der Waals surface area (Å²) in [7, 11) is -3.98. The molecule has 1 aromatic carbocycles. The van der Waals surface area contributed by atoms with E-state index in [1.807, 2.05) is 0 Å². The standard InChI is InChI=1S/C11H12N4O3S/c1-8(16)15(11-6-7-13-14-11)19(17,18)10-4-2-9(12)3-5-10/h2-7H,12H2,1H3,(H,13,14). The maximum Gasteiger partial charge on any atom is 0.272 e. The highest BCUT2D eigenvalue weighted by Crippen LogP contribution is 2.22. The first-order valence-corrected chi connectivity index (χ1v) is 6.78. The third kappa shape index (κ3) is 2.43. The number of hydrogen-bond acceptors (Lipinski definition) is 5. The Bertz CT molecular complexity index is 677. The van der Waals surface area contributed by atoms with Crippen LogP contribution in [0.2, 0.25) is 0 Å². The van der Waals surface area contributed by atoms with Gasteiger partial charge in [-0.25, -0.2) is 8.42 Å². The summed E-state index contributed by atoms with van der Waals surface area (Å²) in [6.45, 7) is 1.16. The number of benzene rings is 1. The minimum atomic E-state index is -3.98. The van der Waals surface area contributed by atoms with E-state index in [4.69, 9.17) is 5.73 Å². The summed E-state index contributed by atoms with van der Waals surface area (Å²) < 4.78 is 25.5.